The van der Waals surface area contributed by atoms with Gasteiger partial charge in [-0.3, -0.25) is 9.59 Å². The molecule has 1 amide bonds. The van der Waals surface area contributed by atoms with Gasteiger partial charge in [0, 0.05) is 29.5 Å². The number of ether oxygens (including phenoxy) is 2. The van der Waals surface area contributed by atoms with Crippen LogP contribution in [0.1, 0.15) is 33.6 Å². The predicted molar refractivity (Wildman–Crippen MR) is 109 cm³/mol. The molecule has 1 saturated heterocycles. The van der Waals surface area contributed by atoms with Crippen LogP contribution < -0.4 is 9.47 Å². The van der Waals surface area contributed by atoms with Crippen molar-refractivity contribution in [1.82, 2.24) is 4.90 Å². The molecular formula is C22H23NO4S. The molecule has 2 aromatic carbocycles. The van der Waals surface area contributed by atoms with E-state index in [-0.39, 0.29) is 17.6 Å². The number of fused-ring (bicyclic) bond motifs is 1. The first-order valence-electron chi connectivity index (χ1n) is 9.53. The van der Waals surface area contributed by atoms with Crippen LogP contribution >= 0.6 is 11.8 Å². The maximum Gasteiger partial charge on any atom is 0.254 e. The molecule has 5 nitrogen and oxygen atoms in total. The molecule has 0 bridgehead atoms. The predicted octanol–water partition coefficient (Wildman–Crippen LogP) is 3.91. The summed E-state index contributed by atoms with van der Waals surface area (Å²) in [5.74, 6) is 1.43. The van der Waals surface area contributed by atoms with Gasteiger partial charge in [0.1, 0.15) is 13.2 Å². The number of carbonyl (C=O) groups excluding carboxylic acids is 2. The van der Waals surface area contributed by atoms with Gasteiger partial charge < -0.3 is 14.4 Å². The molecule has 146 valence electrons. The Balaban J connectivity index is 1.41. The molecule has 0 aromatic heterocycles. The Kier molecular flexibility index (Phi) is 5.57. The highest BCUT2D eigenvalue weighted by Gasteiger charge is 2.29. The average Bonchev–Trinajstić information content (AvgIpc) is 2.77. The Bertz CT molecular complexity index is 890. The topological polar surface area (TPSA) is 55.8 Å². The lowest BCUT2D eigenvalue weighted by Gasteiger charge is -2.32. The molecule has 2 aromatic rings. The van der Waals surface area contributed by atoms with Gasteiger partial charge in [0.2, 0.25) is 0 Å². The Hall–Kier alpha value is -2.47. The monoisotopic (exact) mass is 397 g/mol. The van der Waals surface area contributed by atoms with E-state index in [0.717, 1.165) is 10.5 Å². The summed E-state index contributed by atoms with van der Waals surface area (Å²) in [4.78, 5) is 28.7. The van der Waals surface area contributed by atoms with Gasteiger partial charge in [-0.2, -0.15) is 0 Å². The van der Waals surface area contributed by atoms with Crippen LogP contribution in [-0.4, -0.2) is 49.1 Å². The summed E-state index contributed by atoms with van der Waals surface area (Å²) in [6, 6.07) is 13.1. The molecule has 2 aliphatic rings. The van der Waals surface area contributed by atoms with Gasteiger partial charge in [-0.05, 0) is 49.4 Å². The third kappa shape index (κ3) is 3.74. The second-order valence-corrected chi connectivity index (χ2v) is 7.84. The van der Waals surface area contributed by atoms with Crippen LogP contribution in [-0.2, 0) is 0 Å². The van der Waals surface area contributed by atoms with E-state index in [4.69, 9.17) is 9.47 Å². The SMILES string of the molecule is CSc1ccccc1C(=O)N1CCC(C(=O)c2ccc3c(c2)OCCO3)CC1. The zero-order valence-corrected chi connectivity index (χ0v) is 16.7. The van der Waals surface area contributed by atoms with Crippen molar-refractivity contribution in [2.75, 3.05) is 32.6 Å². The largest absolute Gasteiger partial charge is 0.486 e. The molecule has 4 rings (SSSR count). The Labute approximate surface area is 169 Å². The fourth-order valence-corrected chi connectivity index (χ4v) is 4.36. The number of hydrogen-bond donors (Lipinski definition) is 0. The number of hydrogen-bond acceptors (Lipinski definition) is 5. The van der Waals surface area contributed by atoms with Crippen molar-refractivity contribution >= 4 is 23.5 Å². The second-order valence-electron chi connectivity index (χ2n) is 6.99. The summed E-state index contributed by atoms with van der Waals surface area (Å²) < 4.78 is 11.1. The zero-order valence-electron chi connectivity index (χ0n) is 15.8. The van der Waals surface area contributed by atoms with Crippen molar-refractivity contribution in [3.8, 4) is 11.5 Å². The molecule has 0 atom stereocenters. The highest BCUT2D eigenvalue weighted by Crippen LogP contribution is 2.33. The van der Waals surface area contributed by atoms with Gasteiger partial charge in [0.25, 0.3) is 5.91 Å². The minimum Gasteiger partial charge on any atom is -0.486 e. The van der Waals surface area contributed by atoms with Gasteiger partial charge in [0.05, 0.1) is 5.56 Å². The number of Topliss-reactive ketones (excluding diaryl/α,β-unsaturated/α-hetero) is 1. The van der Waals surface area contributed by atoms with Crippen LogP contribution in [0.4, 0.5) is 0 Å². The van der Waals surface area contributed by atoms with E-state index < -0.39 is 0 Å². The molecule has 0 radical (unpaired) electrons. The summed E-state index contributed by atoms with van der Waals surface area (Å²) in [6.07, 6.45) is 3.34. The Morgan fingerprint density at radius 3 is 2.46 bits per heavy atom. The van der Waals surface area contributed by atoms with Crippen LogP contribution in [0, 0.1) is 5.92 Å². The molecule has 6 heteroatoms. The van der Waals surface area contributed by atoms with Crippen LogP contribution in [0.15, 0.2) is 47.4 Å². The van der Waals surface area contributed by atoms with Gasteiger partial charge in [-0.15, -0.1) is 11.8 Å². The van der Waals surface area contributed by atoms with Crippen molar-refractivity contribution in [3.05, 3.63) is 53.6 Å². The number of nitrogens with zero attached hydrogens (tertiary/aromatic N) is 1. The third-order valence-corrected chi connectivity index (χ3v) is 6.11. The molecule has 0 aliphatic carbocycles. The lowest BCUT2D eigenvalue weighted by atomic mass is 9.88. The smallest absolute Gasteiger partial charge is 0.254 e. The highest BCUT2D eigenvalue weighted by atomic mass is 32.2. The van der Waals surface area contributed by atoms with E-state index in [0.29, 0.717) is 56.2 Å². The maximum atomic E-state index is 12.9. The fourth-order valence-electron chi connectivity index (χ4n) is 3.77. The van der Waals surface area contributed by atoms with Crippen LogP contribution in [0.5, 0.6) is 11.5 Å². The van der Waals surface area contributed by atoms with E-state index in [1.54, 1.807) is 23.9 Å². The van der Waals surface area contributed by atoms with Crippen molar-refractivity contribution in [2.24, 2.45) is 5.92 Å². The average molecular weight is 397 g/mol. The normalized spacial score (nSPS) is 16.7. The van der Waals surface area contributed by atoms with Crippen molar-refractivity contribution in [1.29, 1.82) is 0 Å². The quantitative estimate of drug-likeness (QED) is 0.578. The molecule has 0 N–H and O–H groups in total. The summed E-state index contributed by atoms with van der Waals surface area (Å²) >= 11 is 1.58. The van der Waals surface area contributed by atoms with E-state index in [1.807, 2.05) is 41.5 Å². The van der Waals surface area contributed by atoms with Crippen molar-refractivity contribution < 1.29 is 19.1 Å². The fraction of sp³-hybridized carbons (Fsp3) is 0.364. The number of amides is 1. The summed E-state index contributed by atoms with van der Waals surface area (Å²) in [5.41, 5.74) is 1.40. The molecule has 28 heavy (non-hydrogen) atoms. The summed E-state index contributed by atoms with van der Waals surface area (Å²) in [5, 5.41) is 0. The molecule has 2 aliphatic heterocycles. The van der Waals surface area contributed by atoms with Crippen molar-refractivity contribution in [2.45, 2.75) is 17.7 Å². The van der Waals surface area contributed by atoms with Crippen LogP contribution in [0.25, 0.3) is 0 Å². The lowest BCUT2D eigenvalue weighted by molar-refractivity contribution is 0.0647. The summed E-state index contributed by atoms with van der Waals surface area (Å²) in [6.45, 7) is 2.24. The second kappa shape index (κ2) is 8.27. The number of thioether (sulfide) groups is 1. The molecule has 1 fully saturated rings. The van der Waals surface area contributed by atoms with E-state index >= 15 is 0 Å². The summed E-state index contributed by atoms with van der Waals surface area (Å²) in [7, 11) is 0. The Morgan fingerprint density at radius 1 is 1.00 bits per heavy atom. The number of rotatable bonds is 4. The zero-order chi connectivity index (χ0) is 19.5. The van der Waals surface area contributed by atoms with Crippen LogP contribution in [0.2, 0.25) is 0 Å². The number of piperidine rings is 1. The minimum atomic E-state index is -0.0672. The first-order valence-corrected chi connectivity index (χ1v) is 10.8. The van der Waals surface area contributed by atoms with Gasteiger partial charge in [-0.25, -0.2) is 0 Å². The van der Waals surface area contributed by atoms with Gasteiger partial charge in [-0.1, -0.05) is 12.1 Å². The van der Waals surface area contributed by atoms with E-state index in [1.165, 1.54) is 0 Å². The molecule has 0 unspecified atom stereocenters. The molecular weight excluding hydrogens is 374 g/mol. The Morgan fingerprint density at radius 2 is 1.71 bits per heavy atom. The number of ketones is 1. The standard InChI is InChI=1S/C22H23NO4S/c1-28-20-5-3-2-4-17(20)22(25)23-10-8-15(9-11-23)21(24)16-6-7-18-19(14-16)27-13-12-26-18/h2-7,14-15H,8-13H2,1H3. The lowest BCUT2D eigenvalue weighted by Crippen LogP contribution is -2.40. The van der Waals surface area contributed by atoms with E-state index in [2.05, 4.69) is 0 Å². The van der Waals surface area contributed by atoms with Gasteiger partial charge in [0.15, 0.2) is 17.3 Å². The molecule has 0 saturated carbocycles. The maximum absolute atomic E-state index is 12.9. The van der Waals surface area contributed by atoms with E-state index in [9.17, 15) is 9.59 Å². The first-order chi connectivity index (χ1) is 13.7. The number of carbonyl (C=O) groups is 2. The molecule has 2 heterocycles. The number of benzene rings is 2. The first kappa shape index (κ1) is 18.9. The molecule has 0 spiro atoms. The minimum absolute atomic E-state index is 0.0511. The van der Waals surface area contributed by atoms with Gasteiger partial charge >= 0.3 is 0 Å². The van der Waals surface area contributed by atoms with Crippen LogP contribution in [0.3, 0.4) is 0 Å². The highest BCUT2D eigenvalue weighted by molar-refractivity contribution is 7.98. The third-order valence-electron chi connectivity index (χ3n) is 5.32. The number of likely N-dealkylation sites (tertiary alicyclic amines) is 1. The van der Waals surface area contributed by atoms with Crippen molar-refractivity contribution in [3.63, 3.8) is 0 Å².